The first kappa shape index (κ1) is 21.6. The second-order valence-electron chi connectivity index (χ2n) is 6.64. The molecular weight excluding hydrogens is 356 g/mol. The molecule has 150 valence electrons. The van der Waals surface area contributed by atoms with Crippen LogP contribution in [0.3, 0.4) is 0 Å². The summed E-state index contributed by atoms with van der Waals surface area (Å²) in [5.74, 6) is -0.441. The summed E-state index contributed by atoms with van der Waals surface area (Å²) >= 11 is 0. The number of carbonyl (C=O) groups is 1. The van der Waals surface area contributed by atoms with Crippen LogP contribution in [0.25, 0.3) is 0 Å². The highest BCUT2D eigenvalue weighted by atomic mass is 16.6. The molecule has 6 heteroatoms. The Morgan fingerprint density at radius 1 is 1.04 bits per heavy atom. The molecular formula is C22H28N2O4. The van der Waals surface area contributed by atoms with Gasteiger partial charge in [-0.2, -0.15) is 5.48 Å². The Morgan fingerprint density at radius 3 is 2.25 bits per heavy atom. The lowest BCUT2D eigenvalue weighted by Gasteiger charge is -2.19. The molecule has 0 fully saturated rings. The number of benzene rings is 2. The summed E-state index contributed by atoms with van der Waals surface area (Å²) in [5, 5.41) is 4.31. The fraction of sp³-hybridized carbons (Fsp3) is 0.364. The van der Waals surface area contributed by atoms with Gasteiger partial charge in [-0.3, -0.25) is 0 Å². The van der Waals surface area contributed by atoms with Crippen molar-refractivity contribution in [3.63, 3.8) is 0 Å². The lowest BCUT2D eigenvalue weighted by atomic mass is 9.97. The van der Waals surface area contributed by atoms with Crippen molar-refractivity contribution in [3.05, 3.63) is 69.8 Å². The quantitative estimate of drug-likeness (QED) is 0.424. The number of ether oxygens (including phenoxy) is 1. The largest absolute Gasteiger partial charge is 0.468 e. The number of oxime groups is 1. The number of hydrogen-bond donors (Lipinski definition) is 1. The van der Waals surface area contributed by atoms with Crippen LogP contribution in [-0.4, -0.2) is 25.9 Å². The SMILES string of the molecule is CONC(C(=O)OC)c1cccc(C)c1CO/N=C(\C)c1c(C)cccc1C. The number of nitrogens with one attached hydrogen (secondary N) is 1. The summed E-state index contributed by atoms with van der Waals surface area (Å²) in [7, 11) is 2.80. The van der Waals surface area contributed by atoms with E-state index in [1.807, 2.05) is 38.1 Å². The molecule has 0 aliphatic rings. The fourth-order valence-electron chi connectivity index (χ4n) is 3.29. The summed E-state index contributed by atoms with van der Waals surface area (Å²) in [6.45, 7) is 8.22. The zero-order valence-corrected chi connectivity index (χ0v) is 17.3. The highest BCUT2D eigenvalue weighted by molar-refractivity contribution is 6.00. The molecule has 0 amide bonds. The smallest absolute Gasteiger partial charge is 0.329 e. The first-order valence-electron chi connectivity index (χ1n) is 9.08. The molecule has 0 radical (unpaired) electrons. The summed E-state index contributed by atoms with van der Waals surface area (Å²) < 4.78 is 4.89. The number of rotatable bonds is 8. The van der Waals surface area contributed by atoms with Gasteiger partial charge in [0.1, 0.15) is 6.61 Å². The monoisotopic (exact) mass is 384 g/mol. The first-order chi connectivity index (χ1) is 13.4. The molecule has 2 rings (SSSR count). The van der Waals surface area contributed by atoms with E-state index in [1.54, 1.807) is 0 Å². The topological polar surface area (TPSA) is 69.2 Å². The number of aryl methyl sites for hydroxylation is 3. The van der Waals surface area contributed by atoms with Crippen molar-refractivity contribution in [3.8, 4) is 0 Å². The minimum absolute atomic E-state index is 0.225. The van der Waals surface area contributed by atoms with Gasteiger partial charge in [0, 0.05) is 11.1 Å². The van der Waals surface area contributed by atoms with Crippen LogP contribution in [0.2, 0.25) is 0 Å². The van der Waals surface area contributed by atoms with Crippen LogP contribution in [0.5, 0.6) is 0 Å². The van der Waals surface area contributed by atoms with Crippen LogP contribution >= 0.6 is 0 Å². The number of esters is 1. The molecule has 6 nitrogen and oxygen atoms in total. The van der Waals surface area contributed by atoms with Crippen LogP contribution in [0, 0.1) is 20.8 Å². The highest BCUT2D eigenvalue weighted by Crippen LogP contribution is 2.24. The van der Waals surface area contributed by atoms with Gasteiger partial charge < -0.3 is 14.4 Å². The molecule has 0 saturated carbocycles. The molecule has 1 unspecified atom stereocenters. The highest BCUT2D eigenvalue weighted by Gasteiger charge is 2.25. The van der Waals surface area contributed by atoms with E-state index in [0.717, 1.165) is 39.1 Å². The van der Waals surface area contributed by atoms with Gasteiger partial charge >= 0.3 is 5.97 Å². The number of nitrogens with zero attached hydrogens (tertiary/aromatic N) is 1. The second-order valence-corrected chi connectivity index (χ2v) is 6.64. The molecule has 0 spiro atoms. The van der Waals surface area contributed by atoms with Gasteiger partial charge in [-0.1, -0.05) is 41.6 Å². The first-order valence-corrected chi connectivity index (χ1v) is 9.08. The van der Waals surface area contributed by atoms with E-state index in [1.165, 1.54) is 14.2 Å². The minimum atomic E-state index is -0.753. The van der Waals surface area contributed by atoms with Crippen molar-refractivity contribution in [2.24, 2.45) is 5.16 Å². The molecule has 2 aromatic carbocycles. The number of hydrogen-bond acceptors (Lipinski definition) is 6. The third-order valence-corrected chi connectivity index (χ3v) is 4.68. The predicted molar refractivity (Wildman–Crippen MR) is 109 cm³/mol. The normalized spacial score (nSPS) is 12.6. The third kappa shape index (κ3) is 4.97. The van der Waals surface area contributed by atoms with Crippen molar-refractivity contribution in [2.75, 3.05) is 14.2 Å². The van der Waals surface area contributed by atoms with E-state index >= 15 is 0 Å². The van der Waals surface area contributed by atoms with Crippen molar-refractivity contribution < 1.29 is 19.2 Å². The molecule has 1 N–H and O–H groups in total. The third-order valence-electron chi connectivity index (χ3n) is 4.68. The maximum absolute atomic E-state index is 12.2. The van der Waals surface area contributed by atoms with Crippen LogP contribution in [0.4, 0.5) is 0 Å². The fourth-order valence-corrected chi connectivity index (χ4v) is 3.29. The average molecular weight is 384 g/mol. The molecule has 0 aliphatic carbocycles. The molecule has 1 atom stereocenters. The van der Waals surface area contributed by atoms with Gasteiger partial charge in [-0.05, 0) is 49.9 Å². The van der Waals surface area contributed by atoms with Gasteiger partial charge in [-0.15, -0.1) is 0 Å². The van der Waals surface area contributed by atoms with E-state index < -0.39 is 12.0 Å². The lowest BCUT2D eigenvalue weighted by Crippen LogP contribution is -2.30. The van der Waals surface area contributed by atoms with E-state index in [-0.39, 0.29) is 6.61 Å². The summed E-state index contributed by atoms with van der Waals surface area (Å²) in [6.07, 6.45) is 0. The Kier molecular flexibility index (Phi) is 7.72. The Hall–Kier alpha value is -2.70. The Balaban J connectivity index is 2.28. The Morgan fingerprint density at radius 2 is 1.64 bits per heavy atom. The predicted octanol–water partition coefficient (Wildman–Crippen LogP) is 3.92. The van der Waals surface area contributed by atoms with Gasteiger partial charge in [0.2, 0.25) is 0 Å². The number of carbonyl (C=O) groups excluding carboxylic acids is 1. The van der Waals surface area contributed by atoms with Crippen molar-refractivity contribution in [1.82, 2.24) is 5.48 Å². The van der Waals surface area contributed by atoms with Crippen LogP contribution < -0.4 is 5.48 Å². The number of methoxy groups -OCH3 is 1. The molecule has 0 saturated heterocycles. The second kappa shape index (κ2) is 10.0. The summed E-state index contributed by atoms with van der Waals surface area (Å²) in [6, 6.07) is 11.1. The Labute approximate surface area is 166 Å². The van der Waals surface area contributed by atoms with Gasteiger partial charge in [0.15, 0.2) is 6.04 Å². The zero-order valence-electron chi connectivity index (χ0n) is 17.3. The van der Waals surface area contributed by atoms with Crippen LogP contribution in [-0.2, 0) is 25.8 Å². The van der Waals surface area contributed by atoms with Gasteiger partial charge in [0.25, 0.3) is 0 Å². The average Bonchev–Trinajstić information content (AvgIpc) is 2.66. The molecule has 2 aromatic rings. The molecule has 0 bridgehead atoms. The van der Waals surface area contributed by atoms with E-state index in [4.69, 9.17) is 14.4 Å². The number of hydroxylamine groups is 1. The van der Waals surface area contributed by atoms with Crippen LogP contribution in [0.15, 0.2) is 41.6 Å². The maximum atomic E-state index is 12.2. The summed E-state index contributed by atoms with van der Waals surface area (Å²) in [4.78, 5) is 22.8. The van der Waals surface area contributed by atoms with E-state index in [0.29, 0.717) is 0 Å². The Bertz CT molecular complexity index is 841. The zero-order chi connectivity index (χ0) is 20.7. The minimum Gasteiger partial charge on any atom is -0.468 e. The van der Waals surface area contributed by atoms with Crippen molar-refractivity contribution in [1.29, 1.82) is 0 Å². The molecule has 0 heterocycles. The standard InChI is InChI=1S/C22H28N2O4/c1-14-9-8-12-18(21(24-27-6)22(25)26-5)19(14)13-28-23-17(4)20-15(2)10-7-11-16(20)3/h7-12,21,24H,13H2,1-6H3/b23-17+. The van der Waals surface area contributed by atoms with Crippen molar-refractivity contribution in [2.45, 2.75) is 40.3 Å². The maximum Gasteiger partial charge on any atom is 0.329 e. The van der Waals surface area contributed by atoms with Gasteiger partial charge in [-0.25, -0.2) is 4.79 Å². The van der Waals surface area contributed by atoms with E-state index in [9.17, 15) is 4.79 Å². The molecule has 28 heavy (non-hydrogen) atoms. The van der Waals surface area contributed by atoms with Gasteiger partial charge in [0.05, 0.1) is 19.9 Å². The molecule has 0 aliphatic heterocycles. The molecule has 0 aromatic heterocycles. The van der Waals surface area contributed by atoms with Crippen molar-refractivity contribution >= 4 is 11.7 Å². The van der Waals surface area contributed by atoms with E-state index in [2.05, 4.69) is 36.6 Å². The summed E-state index contributed by atoms with van der Waals surface area (Å²) in [5.41, 5.74) is 9.47. The lowest BCUT2D eigenvalue weighted by molar-refractivity contribution is -0.147. The van der Waals surface area contributed by atoms with Crippen LogP contribution in [0.1, 0.15) is 46.3 Å².